The van der Waals surface area contributed by atoms with Gasteiger partial charge in [-0.3, -0.25) is 4.79 Å². The van der Waals surface area contributed by atoms with E-state index < -0.39 is 12.0 Å². The highest BCUT2D eigenvalue weighted by Gasteiger charge is 2.22. The molecule has 1 aromatic carbocycles. The third-order valence-corrected chi connectivity index (χ3v) is 5.26. The highest BCUT2D eigenvalue weighted by Crippen LogP contribution is 2.20. The minimum Gasteiger partial charge on any atom is -0.480 e. The molecule has 0 fully saturated rings. The molecule has 1 atom stereocenters. The average Bonchev–Trinajstić information content (AvgIpc) is 3.22. The lowest BCUT2D eigenvalue weighted by atomic mass is 10.1. The number of thioether (sulfide) groups is 1. The van der Waals surface area contributed by atoms with Gasteiger partial charge in [-0.15, -0.1) is 10.2 Å². The second-order valence-electron chi connectivity index (χ2n) is 5.02. The second-order valence-corrected chi connectivity index (χ2v) is 7.07. The van der Waals surface area contributed by atoms with Crippen LogP contribution < -0.4 is 5.32 Å². The standard InChI is InChI=1S/C15H14N4O3S2/c20-13(7-23-15-19-17-8-24-15)18-12(14(21)22)5-9-6-16-11-4-2-1-3-10(9)11/h1-4,6,8,12,16H,5,7H2,(H,18,20)(H,21,22)/t12-/m1/s1. The molecule has 2 aromatic heterocycles. The largest absolute Gasteiger partial charge is 0.480 e. The van der Waals surface area contributed by atoms with E-state index in [1.54, 1.807) is 11.7 Å². The molecule has 0 aliphatic heterocycles. The van der Waals surface area contributed by atoms with Crippen molar-refractivity contribution in [1.29, 1.82) is 0 Å². The number of benzene rings is 1. The number of H-pyrrole nitrogens is 1. The molecule has 0 aliphatic rings. The lowest BCUT2D eigenvalue weighted by Crippen LogP contribution is -2.43. The van der Waals surface area contributed by atoms with Gasteiger partial charge in [-0.2, -0.15) is 0 Å². The Kier molecular flexibility index (Phi) is 5.11. The van der Waals surface area contributed by atoms with Gasteiger partial charge in [0.1, 0.15) is 11.6 Å². The minimum atomic E-state index is -1.06. The van der Waals surface area contributed by atoms with Crippen LogP contribution in [0, 0.1) is 0 Å². The maximum Gasteiger partial charge on any atom is 0.326 e. The molecule has 1 amide bonds. The summed E-state index contributed by atoms with van der Waals surface area (Å²) in [6, 6.07) is 6.67. The Morgan fingerprint density at radius 2 is 2.21 bits per heavy atom. The number of carboxylic acids is 1. The number of rotatable bonds is 7. The molecule has 2 heterocycles. The summed E-state index contributed by atoms with van der Waals surface area (Å²) >= 11 is 2.57. The number of aliphatic carboxylic acids is 1. The number of carbonyl (C=O) groups excluding carboxylic acids is 1. The van der Waals surface area contributed by atoms with E-state index in [0.717, 1.165) is 16.5 Å². The fraction of sp³-hybridized carbons (Fsp3) is 0.200. The Morgan fingerprint density at radius 3 is 2.96 bits per heavy atom. The number of para-hydroxylation sites is 1. The number of aromatic amines is 1. The molecular formula is C15H14N4O3S2. The summed E-state index contributed by atoms with van der Waals surface area (Å²) in [5, 5.41) is 20.4. The molecule has 24 heavy (non-hydrogen) atoms. The van der Waals surface area contributed by atoms with E-state index in [0.29, 0.717) is 4.34 Å². The molecule has 0 radical (unpaired) electrons. The highest BCUT2D eigenvalue weighted by molar-refractivity contribution is 8.01. The monoisotopic (exact) mass is 362 g/mol. The summed E-state index contributed by atoms with van der Waals surface area (Å²) in [5.74, 6) is -1.30. The van der Waals surface area contributed by atoms with E-state index in [-0.39, 0.29) is 18.1 Å². The minimum absolute atomic E-state index is 0.104. The van der Waals surface area contributed by atoms with Crippen LogP contribution in [0.25, 0.3) is 10.9 Å². The van der Waals surface area contributed by atoms with Gasteiger partial charge in [-0.25, -0.2) is 4.79 Å². The number of nitrogens with zero attached hydrogens (tertiary/aromatic N) is 2. The van der Waals surface area contributed by atoms with Gasteiger partial charge < -0.3 is 15.4 Å². The van der Waals surface area contributed by atoms with Gasteiger partial charge in [0.05, 0.1) is 5.75 Å². The summed E-state index contributed by atoms with van der Waals surface area (Å²) in [4.78, 5) is 26.6. The van der Waals surface area contributed by atoms with Crippen LogP contribution in [0.15, 0.2) is 40.3 Å². The van der Waals surface area contributed by atoms with Gasteiger partial charge >= 0.3 is 5.97 Å². The predicted molar refractivity (Wildman–Crippen MR) is 92.2 cm³/mol. The number of carboxylic acid groups (broad SMARTS) is 1. The van der Waals surface area contributed by atoms with E-state index in [2.05, 4.69) is 20.5 Å². The van der Waals surface area contributed by atoms with E-state index >= 15 is 0 Å². The van der Waals surface area contributed by atoms with E-state index in [9.17, 15) is 14.7 Å². The van der Waals surface area contributed by atoms with E-state index in [1.807, 2.05) is 24.3 Å². The van der Waals surface area contributed by atoms with Gasteiger partial charge in [0, 0.05) is 23.5 Å². The van der Waals surface area contributed by atoms with Gasteiger partial charge in [0.2, 0.25) is 5.91 Å². The van der Waals surface area contributed by atoms with Crippen LogP contribution in [0.4, 0.5) is 0 Å². The van der Waals surface area contributed by atoms with Crippen molar-refractivity contribution < 1.29 is 14.7 Å². The van der Waals surface area contributed by atoms with Crippen LogP contribution in [0.1, 0.15) is 5.56 Å². The quantitative estimate of drug-likeness (QED) is 0.554. The molecule has 3 aromatic rings. The van der Waals surface area contributed by atoms with Crippen molar-refractivity contribution in [2.45, 2.75) is 16.8 Å². The molecule has 7 nitrogen and oxygen atoms in total. The molecule has 3 rings (SSSR count). The summed E-state index contributed by atoms with van der Waals surface area (Å²) < 4.78 is 0.675. The third-order valence-electron chi connectivity index (χ3n) is 3.40. The van der Waals surface area contributed by atoms with Crippen molar-refractivity contribution in [2.75, 3.05) is 5.75 Å². The predicted octanol–water partition coefficient (Wildman–Crippen LogP) is 1.92. The summed E-state index contributed by atoms with van der Waals surface area (Å²) in [5.41, 5.74) is 3.38. The average molecular weight is 362 g/mol. The number of hydrogen-bond donors (Lipinski definition) is 3. The number of carbonyl (C=O) groups is 2. The van der Waals surface area contributed by atoms with Crippen LogP contribution in [0.5, 0.6) is 0 Å². The Morgan fingerprint density at radius 1 is 1.38 bits per heavy atom. The number of nitrogens with one attached hydrogen (secondary N) is 2. The molecule has 9 heteroatoms. The van der Waals surface area contributed by atoms with Crippen molar-refractivity contribution in [2.24, 2.45) is 0 Å². The van der Waals surface area contributed by atoms with E-state index in [4.69, 9.17) is 0 Å². The van der Waals surface area contributed by atoms with Crippen molar-refractivity contribution in [3.63, 3.8) is 0 Å². The van der Waals surface area contributed by atoms with Crippen molar-refractivity contribution >= 4 is 45.9 Å². The summed E-state index contributed by atoms with van der Waals surface area (Å²) in [6.45, 7) is 0. The molecular weight excluding hydrogens is 348 g/mol. The van der Waals surface area contributed by atoms with Crippen molar-refractivity contribution in [1.82, 2.24) is 20.5 Å². The molecule has 0 spiro atoms. The van der Waals surface area contributed by atoms with E-state index in [1.165, 1.54) is 23.1 Å². The van der Waals surface area contributed by atoms with Gasteiger partial charge in [0.15, 0.2) is 4.34 Å². The topological polar surface area (TPSA) is 108 Å². The zero-order valence-corrected chi connectivity index (χ0v) is 14.1. The van der Waals surface area contributed by atoms with Gasteiger partial charge in [0.25, 0.3) is 0 Å². The summed E-state index contributed by atoms with van der Waals surface area (Å²) in [6.07, 6.45) is 2.00. The van der Waals surface area contributed by atoms with Gasteiger partial charge in [-0.1, -0.05) is 41.3 Å². The molecule has 0 saturated carbocycles. The van der Waals surface area contributed by atoms with Crippen LogP contribution >= 0.6 is 23.1 Å². The Hall–Kier alpha value is -2.39. The SMILES string of the molecule is O=C(CSc1nncs1)N[C@H](Cc1c[nH]c2ccccc12)C(=O)O. The lowest BCUT2D eigenvalue weighted by molar-refractivity contribution is -0.141. The van der Waals surface area contributed by atoms with Crippen molar-refractivity contribution in [3.8, 4) is 0 Å². The maximum absolute atomic E-state index is 12.0. The van der Waals surface area contributed by atoms with Crippen LogP contribution in [-0.2, 0) is 16.0 Å². The third kappa shape index (κ3) is 3.92. The number of amides is 1. The molecule has 0 unspecified atom stereocenters. The zero-order valence-electron chi connectivity index (χ0n) is 12.4. The summed E-state index contributed by atoms with van der Waals surface area (Å²) in [7, 11) is 0. The maximum atomic E-state index is 12.0. The first-order chi connectivity index (χ1) is 11.6. The number of aromatic nitrogens is 3. The fourth-order valence-electron chi connectivity index (χ4n) is 2.31. The van der Waals surface area contributed by atoms with Gasteiger partial charge in [-0.05, 0) is 11.6 Å². The molecule has 3 N–H and O–H groups in total. The van der Waals surface area contributed by atoms with Crippen LogP contribution in [0.2, 0.25) is 0 Å². The van der Waals surface area contributed by atoms with Crippen molar-refractivity contribution in [3.05, 3.63) is 41.5 Å². The molecule has 0 aliphatic carbocycles. The van der Waals surface area contributed by atoms with Crippen LogP contribution in [0.3, 0.4) is 0 Å². The Labute approximate surface area is 145 Å². The number of fused-ring (bicyclic) bond motifs is 1. The highest BCUT2D eigenvalue weighted by atomic mass is 32.2. The number of hydrogen-bond acceptors (Lipinski definition) is 6. The first-order valence-corrected chi connectivity index (χ1v) is 8.96. The normalized spacial score (nSPS) is 12.2. The molecule has 0 saturated heterocycles. The zero-order chi connectivity index (χ0) is 16.9. The first-order valence-electron chi connectivity index (χ1n) is 7.09. The molecule has 124 valence electrons. The fourth-order valence-corrected chi connectivity index (χ4v) is 3.61. The lowest BCUT2D eigenvalue weighted by Gasteiger charge is -2.13. The Balaban J connectivity index is 1.64. The second kappa shape index (κ2) is 7.45. The Bertz CT molecular complexity index is 847. The van der Waals surface area contributed by atoms with Crippen LogP contribution in [-0.4, -0.2) is 44.0 Å². The first kappa shape index (κ1) is 16.5. The smallest absolute Gasteiger partial charge is 0.326 e. The molecule has 0 bridgehead atoms.